The standard InChI is InChI=1S/C25H21F3N4O4/c26-17-8-20-31-21-18(33)7-15(14-3-1-2-4-19(14)36-24(27)28)22(21)32(20)11-16(17)13-9-29-23(30-10-13)25(34)5-6-35-12-25/h1-4,8-11,15,18,24,33-34H,5-7,12H2/t15-,18-,25-/m1/s1. The molecule has 11 heteroatoms. The molecule has 1 aromatic carbocycles. The number of hydrogen-bond acceptors (Lipinski definition) is 7. The molecule has 1 saturated heterocycles. The van der Waals surface area contributed by atoms with Crippen LogP contribution in [0.2, 0.25) is 0 Å². The largest absolute Gasteiger partial charge is 0.435 e. The summed E-state index contributed by atoms with van der Waals surface area (Å²) >= 11 is 0. The Morgan fingerprint density at radius 3 is 2.69 bits per heavy atom. The molecule has 0 saturated carbocycles. The van der Waals surface area contributed by atoms with Crippen LogP contribution in [0.25, 0.3) is 16.8 Å². The summed E-state index contributed by atoms with van der Waals surface area (Å²) in [4.78, 5) is 12.9. The number of fused-ring (bicyclic) bond motifs is 3. The number of halogens is 3. The number of ether oxygens (including phenoxy) is 2. The first-order valence-corrected chi connectivity index (χ1v) is 11.4. The Kier molecular flexibility index (Phi) is 5.43. The predicted molar refractivity (Wildman–Crippen MR) is 120 cm³/mol. The number of imidazole rings is 1. The van der Waals surface area contributed by atoms with Crippen molar-refractivity contribution in [2.75, 3.05) is 13.2 Å². The summed E-state index contributed by atoms with van der Waals surface area (Å²) in [6.07, 6.45) is 4.03. The molecule has 0 unspecified atom stereocenters. The minimum absolute atomic E-state index is 0.00708. The molecule has 3 atom stereocenters. The molecule has 0 spiro atoms. The van der Waals surface area contributed by atoms with Gasteiger partial charge >= 0.3 is 6.61 Å². The highest BCUT2D eigenvalue weighted by atomic mass is 19.3. The van der Waals surface area contributed by atoms with Gasteiger partial charge in [0.2, 0.25) is 0 Å². The summed E-state index contributed by atoms with van der Waals surface area (Å²) in [5.74, 6) is -0.869. The van der Waals surface area contributed by atoms with Gasteiger partial charge in [0, 0.05) is 53.7 Å². The van der Waals surface area contributed by atoms with Gasteiger partial charge in [-0.15, -0.1) is 0 Å². The Morgan fingerprint density at radius 1 is 1.19 bits per heavy atom. The number of alkyl halides is 2. The van der Waals surface area contributed by atoms with E-state index < -0.39 is 30.1 Å². The average Bonchev–Trinajstić information content (AvgIpc) is 3.54. The van der Waals surface area contributed by atoms with Crippen LogP contribution in [-0.4, -0.2) is 49.4 Å². The summed E-state index contributed by atoms with van der Waals surface area (Å²) in [6, 6.07) is 7.65. The minimum Gasteiger partial charge on any atom is -0.435 e. The first kappa shape index (κ1) is 22.9. The van der Waals surface area contributed by atoms with E-state index in [0.29, 0.717) is 35.5 Å². The Labute approximate surface area is 203 Å². The van der Waals surface area contributed by atoms with Gasteiger partial charge in [-0.1, -0.05) is 18.2 Å². The zero-order valence-corrected chi connectivity index (χ0v) is 18.8. The molecule has 186 valence electrons. The highest BCUT2D eigenvalue weighted by molar-refractivity contribution is 5.65. The van der Waals surface area contributed by atoms with Crippen LogP contribution < -0.4 is 4.74 Å². The number of nitrogens with zero attached hydrogens (tertiary/aromatic N) is 4. The van der Waals surface area contributed by atoms with Gasteiger partial charge in [-0.25, -0.2) is 19.3 Å². The van der Waals surface area contributed by atoms with Crippen molar-refractivity contribution in [1.29, 1.82) is 0 Å². The monoisotopic (exact) mass is 498 g/mol. The third-order valence-corrected chi connectivity index (χ3v) is 6.77. The van der Waals surface area contributed by atoms with Crippen LogP contribution in [0, 0.1) is 5.82 Å². The molecule has 3 aromatic heterocycles. The molecule has 2 N–H and O–H groups in total. The van der Waals surface area contributed by atoms with Crippen LogP contribution in [0.5, 0.6) is 5.75 Å². The lowest BCUT2D eigenvalue weighted by Crippen LogP contribution is -2.28. The number of rotatable bonds is 5. The SMILES string of the molecule is O[C@@H]1C[C@H](c2ccccc2OC(F)F)c2c1nc1cc(F)c(-c3cnc([C@@]4(O)CCOC4)nc3)cn21. The Morgan fingerprint density at radius 2 is 1.97 bits per heavy atom. The van der Waals surface area contributed by atoms with Gasteiger partial charge in [-0.3, -0.25) is 0 Å². The number of benzene rings is 1. The number of aliphatic hydroxyl groups excluding tert-OH is 1. The summed E-state index contributed by atoms with van der Waals surface area (Å²) in [5.41, 5.74) is 0.956. The molecule has 2 aliphatic rings. The molecule has 0 radical (unpaired) electrons. The highest BCUT2D eigenvalue weighted by Gasteiger charge is 2.38. The van der Waals surface area contributed by atoms with Gasteiger partial charge in [-0.2, -0.15) is 8.78 Å². The third kappa shape index (κ3) is 3.71. The lowest BCUT2D eigenvalue weighted by Gasteiger charge is -2.18. The van der Waals surface area contributed by atoms with Crippen LogP contribution in [0.4, 0.5) is 13.2 Å². The fraction of sp³-hybridized carbons (Fsp3) is 0.320. The van der Waals surface area contributed by atoms with Crippen LogP contribution in [0.3, 0.4) is 0 Å². The number of hydrogen-bond donors (Lipinski definition) is 2. The second-order valence-electron chi connectivity index (χ2n) is 9.00. The molecule has 36 heavy (non-hydrogen) atoms. The van der Waals surface area contributed by atoms with E-state index in [1.54, 1.807) is 22.6 Å². The lowest BCUT2D eigenvalue weighted by molar-refractivity contribution is -0.0506. The smallest absolute Gasteiger partial charge is 0.387 e. The molecule has 1 fully saturated rings. The second kappa shape index (κ2) is 8.54. The van der Waals surface area contributed by atoms with Crippen molar-refractivity contribution in [3.05, 3.63) is 77.5 Å². The van der Waals surface area contributed by atoms with Gasteiger partial charge in [-0.05, 0) is 12.5 Å². The van der Waals surface area contributed by atoms with Gasteiger partial charge < -0.3 is 24.1 Å². The molecule has 0 amide bonds. The zero-order chi connectivity index (χ0) is 25.0. The van der Waals surface area contributed by atoms with Crippen molar-refractivity contribution in [3.63, 3.8) is 0 Å². The van der Waals surface area contributed by atoms with E-state index in [1.807, 2.05) is 0 Å². The number of pyridine rings is 1. The number of aromatic nitrogens is 4. The topological polar surface area (TPSA) is 102 Å². The first-order valence-electron chi connectivity index (χ1n) is 11.4. The fourth-order valence-electron chi connectivity index (χ4n) is 5.04. The summed E-state index contributed by atoms with van der Waals surface area (Å²) in [6.45, 7) is -2.51. The normalized spacial score (nSPS) is 23.5. The minimum atomic E-state index is -3.00. The average molecular weight is 498 g/mol. The zero-order valence-electron chi connectivity index (χ0n) is 18.8. The van der Waals surface area contributed by atoms with Crippen molar-refractivity contribution in [2.45, 2.75) is 37.1 Å². The van der Waals surface area contributed by atoms with E-state index in [4.69, 9.17) is 9.47 Å². The maximum Gasteiger partial charge on any atom is 0.387 e. The van der Waals surface area contributed by atoms with Gasteiger partial charge in [0.15, 0.2) is 5.82 Å². The van der Waals surface area contributed by atoms with Crippen molar-refractivity contribution in [3.8, 4) is 16.9 Å². The van der Waals surface area contributed by atoms with E-state index in [-0.39, 0.29) is 35.8 Å². The van der Waals surface area contributed by atoms with E-state index >= 15 is 4.39 Å². The maximum atomic E-state index is 15.1. The molecule has 4 heterocycles. The predicted octanol–water partition coefficient (Wildman–Crippen LogP) is 3.71. The molecule has 8 nitrogen and oxygen atoms in total. The van der Waals surface area contributed by atoms with Crippen molar-refractivity contribution < 1.29 is 32.9 Å². The summed E-state index contributed by atoms with van der Waals surface area (Å²) in [7, 11) is 0. The summed E-state index contributed by atoms with van der Waals surface area (Å²) < 4.78 is 52.8. The van der Waals surface area contributed by atoms with E-state index in [0.717, 1.165) is 0 Å². The number of aliphatic hydroxyl groups is 2. The van der Waals surface area contributed by atoms with Crippen molar-refractivity contribution >= 4 is 5.65 Å². The maximum absolute atomic E-state index is 15.1. The van der Waals surface area contributed by atoms with Gasteiger partial charge in [0.1, 0.15) is 22.8 Å². The second-order valence-corrected chi connectivity index (χ2v) is 9.00. The molecule has 6 rings (SSSR count). The Hall–Kier alpha value is -3.54. The van der Waals surface area contributed by atoms with Gasteiger partial charge in [0.05, 0.1) is 30.7 Å². The Balaban J connectivity index is 1.44. The lowest BCUT2D eigenvalue weighted by atomic mass is 9.95. The van der Waals surface area contributed by atoms with Crippen LogP contribution in [0.1, 0.15) is 47.6 Å². The molecule has 1 aliphatic carbocycles. The van der Waals surface area contributed by atoms with Crippen LogP contribution in [-0.2, 0) is 10.3 Å². The van der Waals surface area contributed by atoms with E-state index in [9.17, 15) is 19.0 Å². The van der Waals surface area contributed by atoms with Crippen LogP contribution >= 0.6 is 0 Å². The fourth-order valence-corrected chi connectivity index (χ4v) is 5.04. The molecule has 0 bridgehead atoms. The quantitative estimate of drug-likeness (QED) is 0.433. The highest BCUT2D eigenvalue weighted by Crippen LogP contribution is 2.47. The first-order chi connectivity index (χ1) is 17.3. The molecule has 4 aromatic rings. The molecular weight excluding hydrogens is 477 g/mol. The molecule has 1 aliphatic heterocycles. The van der Waals surface area contributed by atoms with E-state index in [2.05, 4.69) is 15.0 Å². The van der Waals surface area contributed by atoms with Crippen LogP contribution in [0.15, 0.2) is 48.9 Å². The van der Waals surface area contributed by atoms with Crippen molar-refractivity contribution in [2.24, 2.45) is 0 Å². The molecular formula is C25H21F3N4O4. The van der Waals surface area contributed by atoms with E-state index in [1.165, 1.54) is 30.7 Å². The number of para-hydroxylation sites is 1. The van der Waals surface area contributed by atoms with Crippen molar-refractivity contribution in [1.82, 2.24) is 19.4 Å². The van der Waals surface area contributed by atoms with Gasteiger partial charge in [0.25, 0.3) is 0 Å². The third-order valence-electron chi connectivity index (χ3n) is 6.77. The Bertz CT molecular complexity index is 1440. The summed E-state index contributed by atoms with van der Waals surface area (Å²) in [5, 5.41) is 21.3.